The second-order valence-corrected chi connectivity index (χ2v) is 7.65. The molecular weight excluding hydrogens is 343 g/mol. The molecular formula is C20H22ClFO3. The first-order valence-electron chi connectivity index (χ1n) is 8.19. The zero-order valence-electron chi connectivity index (χ0n) is 14.5. The highest BCUT2D eigenvalue weighted by Crippen LogP contribution is 2.54. The van der Waals surface area contributed by atoms with Crippen LogP contribution in [0.5, 0.6) is 0 Å². The quantitative estimate of drug-likeness (QED) is 0.813. The number of hydrogen-bond acceptors (Lipinski definition) is 3. The molecule has 0 aromatic heterocycles. The van der Waals surface area contributed by atoms with Crippen molar-refractivity contribution in [2.24, 2.45) is 5.41 Å². The van der Waals surface area contributed by atoms with E-state index in [0.29, 0.717) is 5.56 Å². The Balaban J connectivity index is 2.24. The molecule has 3 atom stereocenters. The summed E-state index contributed by atoms with van der Waals surface area (Å²) in [6, 6.07) is 15.1. The van der Waals surface area contributed by atoms with Gasteiger partial charge in [-0.15, -0.1) is 11.6 Å². The molecule has 0 bridgehead atoms. The Kier molecular flexibility index (Phi) is 4.67. The molecule has 1 unspecified atom stereocenters. The van der Waals surface area contributed by atoms with Crippen molar-refractivity contribution in [3.05, 3.63) is 71.5 Å². The Hall–Kier alpha value is -1.46. The molecule has 2 aromatic carbocycles. The minimum atomic E-state index is -2.06. The Labute approximate surface area is 152 Å². The molecule has 3 nitrogen and oxygen atoms in total. The fraction of sp³-hybridized carbons (Fsp3) is 0.400. The van der Waals surface area contributed by atoms with Crippen LogP contribution in [0.3, 0.4) is 0 Å². The molecule has 1 saturated heterocycles. The minimum absolute atomic E-state index is 0.00579. The maximum absolute atomic E-state index is 14.6. The van der Waals surface area contributed by atoms with E-state index >= 15 is 0 Å². The van der Waals surface area contributed by atoms with Crippen molar-refractivity contribution in [3.63, 3.8) is 0 Å². The number of alkyl halides is 1. The minimum Gasteiger partial charge on any atom is -0.359 e. The summed E-state index contributed by atoms with van der Waals surface area (Å²) in [5.41, 5.74) is -1.24. The molecule has 0 amide bonds. The molecule has 25 heavy (non-hydrogen) atoms. The van der Waals surface area contributed by atoms with Crippen LogP contribution in [0.4, 0.5) is 4.39 Å². The predicted molar refractivity (Wildman–Crippen MR) is 94.5 cm³/mol. The highest BCUT2D eigenvalue weighted by molar-refractivity contribution is 6.18. The van der Waals surface area contributed by atoms with Crippen LogP contribution in [-0.4, -0.2) is 17.3 Å². The van der Waals surface area contributed by atoms with Crippen molar-refractivity contribution < 1.29 is 19.0 Å². The van der Waals surface area contributed by atoms with E-state index in [1.54, 1.807) is 24.3 Å². The number of aliphatic hydroxyl groups is 1. The Bertz CT molecular complexity index is 746. The third kappa shape index (κ3) is 2.87. The van der Waals surface area contributed by atoms with Crippen LogP contribution < -0.4 is 0 Å². The van der Waals surface area contributed by atoms with E-state index in [0.717, 1.165) is 0 Å². The number of halogens is 2. The third-order valence-electron chi connectivity index (χ3n) is 4.51. The maximum Gasteiger partial charge on any atom is 0.233 e. The maximum atomic E-state index is 14.6. The van der Waals surface area contributed by atoms with Crippen LogP contribution >= 0.6 is 11.6 Å². The average Bonchev–Trinajstić information content (AvgIpc) is 2.91. The second kappa shape index (κ2) is 6.36. The lowest BCUT2D eigenvalue weighted by Gasteiger charge is -2.38. The van der Waals surface area contributed by atoms with Gasteiger partial charge in [0.1, 0.15) is 5.82 Å². The fourth-order valence-electron chi connectivity index (χ4n) is 3.08. The summed E-state index contributed by atoms with van der Waals surface area (Å²) in [5, 5.41) is 11.6. The lowest BCUT2D eigenvalue weighted by molar-refractivity contribution is -0.240. The number of rotatable bonds is 3. The van der Waals surface area contributed by atoms with E-state index in [9.17, 15) is 9.50 Å². The first-order valence-corrected chi connectivity index (χ1v) is 8.72. The average molecular weight is 365 g/mol. The van der Waals surface area contributed by atoms with Crippen molar-refractivity contribution in [1.29, 1.82) is 0 Å². The fourth-order valence-corrected chi connectivity index (χ4v) is 3.48. The van der Waals surface area contributed by atoms with E-state index in [4.69, 9.17) is 21.1 Å². The van der Waals surface area contributed by atoms with Crippen molar-refractivity contribution in [2.75, 3.05) is 5.88 Å². The van der Waals surface area contributed by atoms with Gasteiger partial charge in [-0.2, -0.15) is 0 Å². The molecule has 134 valence electrons. The van der Waals surface area contributed by atoms with Gasteiger partial charge in [0, 0.05) is 5.41 Å². The Morgan fingerprint density at radius 1 is 1.04 bits per heavy atom. The molecule has 1 N–H and O–H groups in total. The van der Waals surface area contributed by atoms with Crippen molar-refractivity contribution in [3.8, 4) is 0 Å². The van der Waals surface area contributed by atoms with Crippen LogP contribution in [-0.2, 0) is 20.9 Å². The standard InChI is InChI=1S/C20H22ClFO3/c1-18(2,3)17-24-19(13-21,14-9-5-4-6-10-14)20(23,25-17)15-11-7-8-12-16(15)22/h4-12,17,23H,13H2,1-3H3/t17-,19-,20?/m1/s1. The molecule has 1 fully saturated rings. The number of benzene rings is 2. The normalized spacial score (nSPS) is 29.8. The summed E-state index contributed by atoms with van der Waals surface area (Å²) in [6.45, 7) is 5.78. The molecule has 5 heteroatoms. The van der Waals surface area contributed by atoms with Gasteiger partial charge < -0.3 is 14.6 Å². The zero-order chi connectivity index (χ0) is 18.3. The van der Waals surface area contributed by atoms with Gasteiger partial charge in [0.25, 0.3) is 0 Å². The molecule has 2 aromatic rings. The van der Waals surface area contributed by atoms with Crippen LogP contribution in [0.25, 0.3) is 0 Å². The highest BCUT2D eigenvalue weighted by Gasteiger charge is 2.64. The summed E-state index contributed by atoms with van der Waals surface area (Å²) in [6.07, 6.45) is -0.768. The molecule has 0 saturated carbocycles. The van der Waals surface area contributed by atoms with E-state index in [1.165, 1.54) is 12.1 Å². The van der Waals surface area contributed by atoms with Crippen molar-refractivity contribution in [2.45, 2.75) is 38.4 Å². The molecule has 0 aliphatic carbocycles. The predicted octanol–water partition coefficient (Wildman–Crippen LogP) is 4.52. The molecule has 1 aliphatic rings. The van der Waals surface area contributed by atoms with Gasteiger partial charge >= 0.3 is 0 Å². The van der Waals surface area contributed by atoms with Crippen LogP contribution in [0.1, 0.15) is 31.9 Å². The molecule has 3 rings (SSSR count). The smallest absolute Gasteiger partial charge is 0.233 e. The Morgan fingerprint density at radius 3 is 2.20 bits per heavy atom. The second-order valence-electron chi connectivity index (χ2n) is 7.38. The lowest BCUT2D eigenvalue weighted by atomic mass is 9.82. The largest absolute Gasteiger partial charge is 0.359 e. The van der Waals surface area contributed by atoms with Gasteiger partial charge in [-0.05, 0) is 11.6 Å². The summed E-state index contributed by atoms with van der Waals surface area (Å²) in [4.78, 5) is 0. The SMILES string of the molecule is CC(C)(C)[C@H]1OC(O)(c2ccccc2F)[C@@](CCl)(c2ccccc2)O1. The summed E-state index contributed by atoms with van der Waals surface area (Å²) >= 11 is 6.31. The number of ether oxygens (including phenoxy) is 2. The topological polar surface area (TPSA) is 38.7 Å². The van der Waals surface area contributed by atoms with Gasteiger partial charge in [-0.25, -0.2) is 4.39 Å². The van der Waals surface area contributed by atoms with E-state index in [1.807, 2.05) is 39.0 Å². The van der Waals surface area contributed by atoms with Crippen molar-refractivity contribution in [1.82, 2.24) is 0 Å². The molecule has 1 heterocycles. The molecule has 0 spiro atoms. The zero-order valence-corrected chi connectivity index (χ0v) is 15.3. The van der Waals surface area contributed by atoms with E-state index in [-0.39, 0.29) is 11.4 Å². The first-order chi connectivity index (χ1) is 11.7. The van der Waals surface area contributed by atoms with Gasteiger partial charge in [0.15, 0.2) is 11.9 Å². The Morgan fingerprint density at radius 2 is 1.64 bits per heavy atom. The van der Waals surface area contributed by atoms with Gasteiger partial charge in [-0.3, -0.25) is 0 Å². The first kappa shape index (κ1) is 18.3. The third-order valence-corrected chi connectivity index (χ3v) is 4.88. The summed E-state index contributed by atoms with van der Waals surface area (Å²) in [7, 11) is 0. The molecule has 1 aliphatic heterocycles. The van der Waals surface area contributed by atoms with Crippen molar-refractivity contribution >= 4 is 11.6 Å². The van der Waals surface area contributed by atoms with Gasteiger partial charge in [0.2, 0.25) is 5.79 Å². The molecule has 0 radical (unpaired) electrons. The summed E-state index contributed by atoms with van der Waals surface area (Å²) in [5.74, 6) is -2.73. The van der Waals surface area contributed by atoms with E-state index in [2.05, 4.69) is 0 Å². The van der Waals surface area contributed by atoms with Gasteiger partial charge in [-0.1, -0.05) is 69.3 Å². The lowest BCUT2D eigenvalue weighted by Crippen LogP contribution is -2.49. The van der Waals surface area contributed by atoms with Crippen LogP contribution in [0.2, 0.25) is 0 Å². The highest BCUT2D eigenvalue weighted by atomic mass is 35.5. The van der Waals surface area contributed by atoms with Crippen LogP contribution in [0, 0.1) is 11.2 Å². The van der Waals surface area contributed by atoms with E-state index < -0.39 is 28.9 Å². The van der Waals surface area contributed by atoms with Gasteiger partial charge in [0.05, 0.1) is 11.4 Å². The van der Waals surface area contributed by atoms with Crippen LogP contribution in [0.15, 0.2) is 54.6 Å². The summed E-state index contributed by atoms with van der Waals surface area (Å²) < 4.78 is 26.7. The monoisotopic (exact) mass is 364 g/mol. The number of hydrogen-bond donors (Lipinski definition) is 1.